The second kappa shape index (κ2) is 6.78. The van der Waals surface area contributed by atoms with Crippen molar-refractivity contribution in [2.75, 3.05) is 17.2 Å². The van der Waals surface area contributed by atoms with Crippen molar-refractivity contribution in [1.29, 1.82) is 0 Å². The van der Waals surface area contributed by atoms with Crippen molar-refractivity contribution in [3.05, 3.63) is 33.3 Å². The highest BCUT2D eigenvalue weighted by Gasteiger charge is 2.22. The van der Waals surface area contributed by atoms with E-state index < -0.39 is 6.03 Å². The summed E-state index contributed by atoms with van der Waals surface area (Å²) in [6, 6.07) is 4.42. The fourth-order valence-corrected chi connectivity index (χ4v) is 3.14. The molecule has 0 saturated carbocycles. The summed E-state index contributed by atoms with van der Waals surface area (Å²) in [6.07, 6.45) is 1.95. The first-order chi connectivity index (χ1) is 10.6. The van der Waals surface area contributed by atoms with E-state index in [-0.39, 0.29) is 6.10 Å². The zero-order valence-corrected chi connectivity index (χ0v) is 13.6. The van der Waals surface area contributed by atoms with Crippen LogP contribution in [0, 0.1) is 0 Å². The van der Waals surface area contributed by atoms with Gasteiger partial charge in [-0.3, -0.25) is 5.32 Å². The summed E-state index contributed by atoms with van der Waals surface area (Å²) >= 11 is 13.0. The van der Waals surface area contributed by atoms with E-state index in [4.69, 9.17) is 27.9 Å². The third-order valence-corrected chi connectivity index (χ3v) is 4.71. The molecule has 6 nitrogen and oxygen atoms in total. The van der Waals surface area contributed by atoms with Crippen molar-refractivity contribution in [3.8, 4) is 0 Å². The lowest BCUT2D eigenvalue weighted by molar-refractivity contribution is 0.111. The van der Waals surface area contributed by atoms with Gasteiger partial charge in [0.05, 0.1) is 10.0 Å². The van der Waals surface area contributed by atoms with Crippen LogP contribution in [-0.2, 0) is 4.74 Å². The number of halogens is 2. The molecule has 2 heterocycles. The molecule has 1 unspecified atom stereocenters. The fourth-order valence-electron chi connectivity index (χ4n) is 2.02. The summed E-state index contributed by atoms with van der Waals surface area (Å²) in [5.74, 6) is 0. The predicted octanol–water partition coefficient (Wildman–Crippen LogP) is 4.34. The molecule has 1 saturated heterocycles. The Kier molecular flexibility index (Phi) is 4.77. The van der Waals surface area contributed by atoms with Crippen molar-refractivity contribution in [3.63, 3.8) is 0 Å². The van der Waals surface area contributed by atoms with Crippen LogP contribution in [0.1, 0.15) is 24.0 Å². The number of anilines is 2. The SMILES string of the molecule is O=C(Nc1ccc(Cl)c(Cl)c1)Nc1nnc(C2CCCO2)s1. The molecule has 9 heteroatoms. The third kappa shape index (κ3) is 3.67. The van der Waals surface area contributed by atoms with Gasteiger partial charge in [0.15, 0.2) is 0 Å². The van der Waals surface area contributed by atoms with Crippen LogP contribution in [0.25, 0.3) is 0 Å². The van der Waals surface area contributed by atoms with Crippen LogP contribution in [-0.4, -0.2) is 22.8 Å². The third-order valence-electron chi connectivity index (χ3n) is 3.04. The zero-order valence-electron chi connectivity index (χ0n) is 11.3. The van der Waals surface area contributed by atoms with Gasteiger partial charge in [-0.05, 0) is 31.0 Å². The van der Waals surface area contributed by atoms with Crippen molar-refractivity contribution >= 4 is 51.4 Å². The summed E-state index contributed by atoms with van der Waals surface area (Å²) in [6.45, 7) is 0.741. The fraction of sp³-hybridized carbons (Fsp3) is 0.308. The van der Waals surface area contributed by atoms with E-state index in [1.165, 1.54) is 11.3 Å². The van der Waals surface area contributed by atoms with Gasteiger partial charge in [-0.15, -0.1) is 10.2 Å². The molecule has 1 aliphatic rings. The van der Waals surface area contributed by atoms with Crippen LogP contribution in [0.4, 0.5) is 15.6 Å². The van der Waals surface area contributed by atoms with Crippen LogP contribution >= 0.6 is 34.5 Å². The molecule has 1 aromatic heterocycles. The number of benzene rings is 1. The van der Waals surface area contributed by atoms with Crippen molar-refractivity contribution < 1.29 is 9.53 Å². The number of hydrogen-bond acceptors (Lipinski definition) is 5. The van der Waals surface area contributed by atoms with Crippen LogP contribution < -0.4 is 10.6 Å². The van der Waals surface area contributed by atoms with E-state index in [9.17, 15) is 4.79 Å². The lowest BCUT2D eigenvalue weighted by atomic mass is 10.2. The summed E-state index contributed by atoms with van der Waals surface area (Å²) in [5, 5.41) is 15.3. The molecule has 22 heavy (non-hydrogen) atoms. The van der Waals surface area contributed by atoms with Gasteiger partial charge in [0.2, 0.25) is 5.13 Å². The van der Waals surface area contributed by atoms with E-state index in [1.807, 2.05) is 0 Å². The number of nitrogens with zero attached hydrogens (tertiary/aromatic N) is 2. The molecule has 1 fully saturated rings. The molecule has 2 amide bonds. The molecule has 0 spiro atoms. The largest absolute Gasteiger partial charge is 0.371 e. The van der Waals surface area contributed by atoms with Crippen LogP contribution in [0.5, 0.6) is 0 Å². The Morgan fingerprint density at radius 1 is 1.27 bits per heavy atom. The minimum Gasteiger partial charge on any atom is -0.371 e. The minimum absolute atomic E-state index is 0.00816. The molecule has 1 aromatic carbocycles. The Bertz CT molecular complexity index is 688. The molecule has 0 bridgehead atoms. The highest BCUT2D eigenvalue weighted by molar-refractivity contribution is 7.15. The Morgan fingerprint density at radius 2 is 2.14 bits per heavy atom. The molecule has 0 aliphatic carbocycles. The van der Waals surface area contributed by atoms with Crippen LogP contribution in [0.15, 0.2) is 18.2 Å². The van der Waals surface area contributed by atoms with Crippen molar-refractivity contribution in [1.82, 2.24) is 10.2 Å². The first-order valence-corrected chi connectivity index (χ1v) is 8.17. The molecule has 1 atom stereocenters. The topological polar surface area (TPSA) is 76.1 Å². The number of aromatic nitrogens is 2. The summed E-state index contributed by atoms with van der Waals surface area (Å²) in [4.78, 5) is 11.9. The first-order valence-electron chi connectivity index (χ1n) is 6.60. The van der Waals surface area contributed by atoms with Crippen LogP contribution in [0.2, 0.25) is 10.0 Å². The van der Waals surface area contributed by atoms with Crippen molar-refractivity contribution in [2.45, 2.75) is 18.9 Å². The number of hydrogen-bond donors (Lipinski definition) is 2. The maximum atomic E-state index is 11.9. The monoisotopic (exact) mass is 358 g/mol. The standard InChI is InChI=1S/C13H12Cl2N4O2S/c14-8-4-3-7(6-9(8)15)16-12(20)17-13-19-18-11(22-13)10-2-1-5-21-10/h3-4,6,10H,1-2,5H2,(H2,16,17,19,20). The molecule has 1 aliphatic heterocycles. The number of rotatable bonds is 3. The molecule has 3 rings (SSSR count). The number of ether oxygens (including phenoxy) is 1. The number of urea groups is 1. The minimum atomic E-state index is -0.423. The second-order valence-corrected chi connectivity index (χ2v) is 6.48. The number of nitrogens with one attached hydrogen (secondary N) is 2. The smallest absolute Gasteiger partial charge is 0.325 e. The number of carbonyl (C=O) groups is 1. The van der Waals surface area contributed by atoms with E-state index in [1.54, 1.807) is 18.2 Å². The van der Waals surface area contributed by atoms with E-state index in [0.717, 1.165) is 24.5 Å². The summed E-state index contributed by atoms with van der Waals surface area (Å²) in [7, 11) is 0. The molecular formula is C13H12Cl2N4O2S. The van der Waals surface area contributed by atoms with Gasteiger partial charge < -0.3 is 10.1 Å². The molecule has 2 aromatic rings. The number of carbonyl (C=O) groups excluding carboxylic acids is 1. The highest BCUT2D eigenvalue weighted by atomic mass is 35.5. The predicted molar refractivity (Wildman–Crippen MR) is 86.9 cm³/mol. The van der Waals surface area contributed by atoms with Crippen LogP contribution in [0.3, 0.4) is 0 Å². The lowest BCUT2D eigenvalue weighted by Crippen LogP contribution is -2.19. The maximum absolute atomic E-state index is 11.9. The van der Waals surface area contributed by atoms with E-state index in [0.29, 0.717) is 20.9 Å². The highest BCUT2D eigenvalue weighted by Crippen LogP contribution is 2.32. The van der Waals surface area contributed by atoms with Crippen molar-refractivity contribution in [2.24, 2.45) is 0 Å². The van der Waals surface area contributed by atoms with E-state index >= 15 is 0 Å². The van der Waals surface area contributed by atoms with Gasteiger partial charge in [-0.1, -0.05) is 34.5 Å². The molecular weight excluding hydrogens is 347 g/mol. The quantitative estimate of drug-likeness (QED) is 0.855. The Balaban J connectivity index is 1.60. The van der Waals surface area contributed by atoms with Gasteiger partial charge in [-0.25, -0.2) is 4.79 Å². The average Bonchev–Trinajstić information content (AvgIpc) is 3.13. The Morgan fingerprint density at radius 3 is 2.86 bits per heavy atom. The van der Waals surface area contributed by atoms with Gasteiger partial charge >= 0.3 is 6.03 Å². The van der Waals surface area contributed by atoms with Gasteiger partial charge in [-0.2, -0.15) is 0 Å². The van der Waals surface area contributed by atoms with E-state index in [2.05, 4.69) is 20.8 Å². The Hall–Kier alpha value is -1.41. The second-order valence-electron chi connectivity index (χ2n) is 4.66. The molecule has 116 valence electrons. The average molecular weight is 359 g/mol. The van der Waals surface area contributed by atoms with Gasteiger partial charge in [0.1, 0.15) is 11.1 Å². The number of amides is 2. The molecule has 2 N–H and O–H groups in total. The zero-order chi connectivity index (χ0) is 15.5. The summed E-state index contributed by atoms with van der Waals surface area (Å²) < 4.78 is 5.53. The Labute approximate surface area is 140 Å². The van der Waals surface area contributed by atoms with Gasteiger partial charge in [0.25, 0.3) is 0 Å². The van der Waals surface area contributed by atoms with Gasteiger partial charge in [0, 0.05) is 12.3 Å². The lowest BCUT2D eigenvalue weighted by Gasteiger charge is -2.06. The first kappa shape index (κ1) is 15.5. The summed E-state index contributed by atoms with van der Waals surface area (Å²) in [5.41, 5.74) is 0.538. The maximum Gasteiger partial charge on any atom is 0.325 e. The normalized spacial score (nSPS) is 17.5. The molecule has 0 radical (unpaired) electrons.